The Morgan fingerprint density at radius 3 is 2.76 bits per heavy atom. The van der Waals surface area contributed by atoms with E-state index in [1.54, 1.807) is 10.9 Å². The monoisotopic (exact) mass is 306 g/mol. The van der Waals surface area contributed by atoms with Crippen LogP contribution in [0, 0.1) is 13.8 Å². The van der Waals surface area contributed by atoms with Crippen molar-refractivity contribution >= 4 is 11.6 Å². The molecule has 0 bridgehead atoms. The van der Waals surface area contributed by atoms with Crippen molar-refractivity contribution in [2.45, 2.75) is 39.3 Å². The number of hydrogen-bond acceptors (Lipinski definition) is 4. The minimum atomic E-state index is 0.422. The Labute approximate surface area is 129 Å². The highest BCUT2D eigenvalue weighted by molar-refractivity contribution is 6.31. The van der Waals surface area contributed by atoms with E-state index in [2.05, 4.69) is 15.4 Å². The maximum absolute atomic E-state index is 6.28. The number of rotatable bonds is 5. The van der Waals surface area contributed by atoms with E-state index in [4.69, 9.17) is 16.3 Å². The van der Waals surface area contributed by atoms with Gasteiger partial charge in [-0.1, -0.05) is 11.6 Å². The van der Waals surface area contributed by atoms with Crippen molar-refractivity contribution in [3.8, 4) is 11.6 Å². The Kier molecular flexibility index (Phi) is 3.87. The summed E-state index contributed by atoms with van der Waals surface area (Å²) in [4.78, 5) is 4.33. The lowest BCUT2D eigenvalue weighted by atomic mass is 10.3. The smallest absolute Gasteiger partial charge is 0.238 e. The fourth-order valence-electron chi connectivity index (χ4n) is 2.18. The van der Waals surface area contributed by atoms with E-state index in [-0.39, 0.29) is 0 Å². The molecule has 0 amide bonds. The summed E-state index contributed by atoms with van der Waals surface area (Å²) in [6.45, 7) is 4.66. The quantitative estimate of drug-likeness (QED) is 0.922. The molecule has 2 aromatic heterocycles. The zero-order valence-corrected chi connectivity index (χ0v) is 13.2. The molecule has 3 rings (SSSR count). The molecule has 0 radical (unpaired) electrons. The number of nitrogens with zero attached hydrogens (tertiary/aromatic N) is 3. The predicted octanol–water partition coefficient (Wildman–Crippen LogP) is 3.13. The van der Waals surface area contributed by atoms with Crippen LogP contribution in [0.15, 0.2) is 12.3 Å². The van der Waals surface area contributed by atoms with Gasteiger partial charge in [-0.05, 0) is 38.3 Å². The van der Waals surface area contributed by atoms with E-state index < -0.39 is 0 Å². The topological polar surface area (TPSA) is 52.0 Å². The van der Waals surface area contributed by atoms with E-state index >= 15 is 0 Å². The average Bonchev–Trinajstić information content (AvgIpc) is 3.23. The van der Waals surface area contributed by atoms with Crippen LogP contribution in [-0.4, -0.2) is 20.8 Å². The van der Waals surface area contributed by atoms with Gasteiger partial charge in [0.1, 0.15) is 10.7 Å². The first-order valence-electron chi connectivity index (χ1n) is 7.10. The predicted molar refractivity (Wildman–Crippen MR) is 81.9 cm³/mol. The fourth-order valence-corrected chi connectivity index (χ4v) is 2.41. The highest BCUT2D eigenvalue weighted by atomic mass is 35.5. The van der Waals surface area contributed by atoms with E-state index in [9.17, 15) is 0 Å². The van der Waals surface area contributed by atoms with Crippen LogP contribution in [-0.2, 0) is 13.6 Å². The van der Waals surface area contributed by atoms with Gasteiger partial charge in [0.25, 0.3) is 0 Å². The maximum Gasteiger partial charge on any atom is 0.238 e. The maximum atomic E-state index is 6.28. The number of nitrogens with one attached hydrogen (secondary N) is 1. The van der Waals surface area contributed by atoms with Gasteiger partial charge in [-0.15, -0.1) is 0 Å². The van der Waals surface area contributed by atoms with Gasteiger partial charge in [0, 0.05) is 25.8 Å². The van der Waals surface area contributed by atoms with Crippen molar-refractivity contribution in [2.75, 3.05) is 0 Å². The molecule has 0 atom stereocenters. The van der Waals surface area contributed by atoms with Gasteiger partial charge >= 0.3 is 0 Å². The van der Waals surface area contributed by atoms with Gasteiger partial charge in [0.15, 0.2) is 5.75 Å². The molecule has 1 aliphatic carbocycles. The van der Waals surface area contributed by atoms with Gasteiger partial charge in [0.05, 0.1) is 5.69 Å². The normalized spacial score (nSPS) is 14.5. The summed E-state index contributed by atoms with van der Waals surface area (Å²) in [6, 6.07) is 2.57. The first-order valence-corrected chi connectivity index (χ1v) is 7.48. The summed E-state index contributed by atoms with van der Waals surface area (Å²) in [6.07, 6.45) is 4.33. The van der Waals surface area contributed by atoms with Crippen molar-refractivity contribution in [1.29, 1.82) is 0 Å². The molecule has 2 heterocycles. The molecule has 0 spiro atoms. The van der Waals surface area contributed by atoms with Crippen LogP contribution < -0.4 is 10.1 Å². The number of aryl methyl sites for hydroxylation is 2. The summed E-state index contributed by atoms with van der Waals surface area (Å²) >= 11 is 6.28. The minimum absolute atomic E-state index is 0.422. The number of aromatic nitrogens is 3. The lowest BCUT2D eigenvalue weighted by Gasteiger charge is -2.09. The summed E-state index contributed by atoms with van der Waals surface area (Å²) in [7, 11) is 1.89. The van der Waals surface area contributed by atoms with Crippen LogP contribution in [0.25, 0.3) is 0 Å². The third-order valence-electron chi connectivity index (χ3n) is 3.68. The molecule has 0 unspecified atom stereocenters. The third kappa shape index (κ3) is 3.19. The first kappa shape index (κ1) is 14.4. The van der Waals surface area contributed by atoms with E-state index in [1.807, 2.05) is 27.0 Å². The molecule has 112 valence electrons. The van der Waals surface area contributed by atoms with Crippen LogP contribution in [0.4, 0.5) is 0 Å². The van der Waals surface area contributed by atoms with Crippen molar-refractivity contribution in [3.05, 3.63) is 34.2 Å². The molecule has 0 saturated heterocycles. The summed E-state index contributed by atoms with van der Waals surface area (Å²) in [5.74, 6) is 1.14. The Balaban J connectivity index is 1.75. The molecule has 1 aliphatic rings. The van der Waals surface area contributed by atoms with Gasteiger partial charge < -0.3 is 10.1 Å². The standard InChI is InChI=1S/C15H19ClN4O/c1-9-14(10(2)20(3)19-9)21-15-13(16)6-11(8-18-15)7-17-12-4-5-12/h6,8,12,17H,4-5,7H2,1-3H3. The van der Waals surface area contributed by atoms with Crippen molar-refractivity contribution in [3.63, 3.8) is 0 Å². The lowest BCUT2D eigenvalue weighted by Crippen LogP contribution is -2.15. The lowest BCUT2D eigenvalue weighted by molar-refractivity contribution is 0.455. The Morgan fingerprint density at radius 2 is 2.19 bits per heavy atom. The molecule has 0 aromatic carbocycles. The largest absolute Gasteiger partial charge is 0.434 e. The van der Waals surface area contributed by atoms with Crippen molar-refractivity contribution in [2.24, 2.45) is 7.05 Å². The molecular formula is C15H19ClN4O. The van der Waals surface area contributed by atoms with Gasteiger partial charge in [0.2, 0.25) is 5.88 Å². The Morgan fingerprint density at radius 1 is 1.43 bits per heavy atom. The molecular weight excluding hydrogens is 288 g/mol. The average molecular weight is 307 g/mol. The zero-order chi connectivity index (χ0) is 15.0. The highest BCUT2D eigenvalue weighted by Gasteiger charge is 2.20. The zero-order valence-electron chi connectivity index (χ0n) is 12.5. The van der Waals surface area contributed by atoms with Crippen LogP contribution in [0.2, 0.25) is 5.02 Å². The van der Waals surface area contributed by atoms with Gasteiger partial charge in [-0.2, -0.15) is 5.10 Å². The second kappa shape index (κ2) is 5.66. The van der Waals surface area contributed by atoms with E-state index in [1.165, 1.54) is 12.8 Å². The van der Waals surface area contributed by atoms with Crippen LogP contribution >= 0.6 is 11.6 Å². The van der Waals surface area contributed by atoms with E-state index in [0.29, 0.717) is 16.9 Å². The molecule has 6 heteroatoms. The number of ether oxygens (including phenoxy) is 1. The number of pyridine rings is 1. The van der Waals surface area contributed by atoms with Crippen LogP contribution in [0.1, 0.15) is 29.8 Å². The van der Waals surface area contributed by atoms with Crippen LogP contribution in [0.5, 0.6) is 11.6 Å². The van der Waals surface area contributed by atoms with Gasteiger partial charge in [-0.3, -0.25) is 4.68 Å². The molecule has 2 aromatic rings. The van der Waals surface area contributed by atoms with Crippen molar-refractivity contribution < 1.29 is 4.74 Å². The molecule has 1 fully saturated rings. The number of halogens is 1. The number of hydrogen-bond donors (Lipinski definition) is 1. The fraction of sp³-hybridized carbons (Fsp3) is 0.467. The minimum Gasteiger partial charge on any atom is -0.434 e. The van der Waals surface area contributed by atoms with E-state index in [0.717, 1.165) is 29.2 Å². The second-order valence-electron chi connectivity index (χ2n) is 5.51. The SMILES string of the molecule is Cc1nn(C)c(C)c1Oc1ncc(CNC2CC2)cc1Cl. The Bertz CT molecular complexity index is 664. The molecule has 21 heavy (non-hydrogen) atoms. The molecule has 1 N–H and O–H groups in total. The summed E-state index contributed by atoms with van der Waals surface area (Å²) in [5.41, 5.74) is 2.84. The summed E-state index contributed by atoms with van der Waals surface area (Å²) < 4.78 is 7.62. The van der Waals surface area contributed by atoms with Crippen molar-refractivity contribution in [1.82, 2.24) is 20.1 Å². The van der Waals surface area contributed by atoms with Crippen LogP contribution in [0.3, 0.4) is 0 Å². The molecule has 0 aliphatic heterocycles. The third-order valence-corrected chi connectivity index (χ3v) is 3.95. The van der Waals surface area contributed by atoms with Gasteiger partial charge in [-0.25, -0.2) is 4.98 Å². The molecule has 1 saturated carbocycles. The second-order valence-corrected chi connectivity index (χ2v) is 5.92. The summed E-state index contributed by atoms with van der Waals surface area (Å²) in [5, 5.41) is 8.28. The Hall–Kier alpha value is -1.59. The molecule has 5 nitrogen and oxygen atoms in total. The first-order chi connectivity index (χ1) is 10.0. The highest BCUT2D eigenvalue weighted by Crippen LogP contribution is 2.31.